The van der Waals surface area contributed by atoms with Crippen molar-refractivity contribution >= 4 is 17.7 Å². The Kier molecular flexibility index (Phi) is 3.94. The van der Waals surface area contributed by atoms with E-state index in [0.717, 1.165) is 24.4 Å². The Bertz CT molecular complexity index is 594. The van der Waals surface area contributed by atoms with Crippen molar-refractivity contribution in [3.05, 3.63) is 35.4 Å². The second-order valence-corrected chi connectivity index (χ2v) is 5.93. The Morgan fingerprint density at radius 3 is 2.36 bits per heavy atom. The van der Waals surface area contributed by atoms with Crippen LogP contribution in [0.1, 0.15) is 27.1 Å². The molecule has 1 N–H and O–H groups in total. The van der Waals surface area contributed by atoms with Crippen molar-refractivity contribution in [2.24, 2.45) is 0 Å². The third-order valence-electron chi connectivity index (χ3n) is 4.36. The first-order valence-electron chi connectivity index (χ1n) is 7.62. The summed E-state index contributed by atoms with van der Waals surface area (Å²) in [5.41, 5.74) is 0.778. The third-order valence-corrected chi connectivity index (χ3v) is 4.36. The van der Waals surface area contributed by atoms with Crippen LogP contribution in [0, 0.1) is 0 Å². The largest absolute Gasteiger partial charge is 0.336 e. The van der Waals surface area contributed by atoms with Gasteiger partial charge in [-0.3, -0.25) is 19.3 Å². The lowest BCUT2D eigenvalue weighted by molar-refractivity contribution is -0.877. The van der Waals surface area contributed by atoms with Gasteiger partial charge >= 0.3 is 0 Å². The molecule has 2 aliphatic rings. The molecule has 0 saturated carbocycles. The lowest BCUT2D eigenvalue weighted by atomic mass is 10.1. The molecule has 1 unspecified atom stereocenters. The van der Waals surface area contributed by atoms with Crippen molar-refractivity contribution in [1.82, 2.24) is 9.80 Å². The monoisotopic (exact) mass is 302 g/mol. The zero-order valence-corrected chi connectivity index (χ0v) is 12.7. The van der Waals surface area contributed by atoms with E-state index in [1.807, 2.05) is 0 Å². The van der Waals surface area contributed by atoms with E-state index in [0.29, 0.717) is 24.2 Å². The molecule has 2 heterocycles. The van der Waals surface area contributed by atoms with Crippen LogP contribution < -0.4 is 4.90 Å². The highest BCUT2D eigenvalue weighted by Gasteiger charge is 2.37. The zero-order chi connectivity index (χ0) is 15.7. The highest BCUT2D eigenvalue weighted by atomic mass is 16.2. The van der Waals surface area contributed by atoms with E-state index in [1.54, 1.807) is 29.2 Å². The highest BCUT2D eigenvalue weighted by molar-refractivity contribution is 6.22. The smallest absolute Gasteiger partial charge is 0.262 e. The fraction of sp³-hybridized carbons (Fsp3) is 0.438. The van der Waals surface area contributed by atoms with E-state index in [4.69, 9.17) is 0 Å². The van der Waals surface area contributed by atoms with Crippen molar-refractivity contribution in [3.63, 3.8) is 0 Å². The number of nitrogens with one attached hydrogen (secondary N) is 1. The van der Waals surface area contributed by atoms with Gasteiger partial charge in [0, 0.05) is 13.0 Å². The first-order valence-corrected chi connectivity index (χ1v) is 7.62. The molecular weight excluding hydrogens is 282 g/mol. The van der Waals surface area contributed by atoms with Crippen LogP contribution in [0.4, 0.5) is 0 Å². The number of benzene rings is 1. The fourth-order valence-corrected chi connectivity index (χ4v) is 3.00. The van der Waals surface area contributed by atoms with Crippen molar-refractivity contribution < 1.29 is 19.3 Å². The molecule has 0 spiro atoms. The van der Waals surface area contributed by atoms with Gasteiger partial charge in [-0.25, -0.2) is 0 Å². The Morgan fingerprint density at radius 1 is 1.09 bits per heavy atom. The van der Waals surface area contributed by atoms with Gasteiger partial charge in [-0.15, -0.1) is 0 Å². The second-order valence-electron chi connectivity index (χ2n) is 5.93. The van der Waals surface area contributed by atoms with Gasteiger partial charge in [0.2, 0.25) is 5.91 Å². The molecule has 0 aliphatic carbocycles. The first-order chi connectivity index (χ1) is 10.6. The summed E-state index contributed by atoms with van der Waals surface area (Å²) in [6, 6.07) is 6.71. The number of carbonyl (C=O) groups excluding carboxylic acids is 3. The Labute approximate surface area is 129 Å². The standard InChI is InChI=1S/C16H19N3O3/c1-17-7-4-8-18(10-9-17)14(20)11-19-15(21)12-5-2-3-6-13(12)16(19)22/h2-3,5-6H,4,7-11H2,1H3/p+1. The average molecular weight is 302 g/mol. The number of likely N-dealkylation sites (N-methyl/N-ethyl adjacent to an activating group) is 1. The normalized spacial score (nSPS) is 21.8. The molecule has 6 heteroatoms. The number of hydrogen-bond acceptors (Lipinski definition) is 3. The quantitative estimate of drug-likeness (QED) is 0.715. The van der Waals surface area contributed by atoms with Crippen LogP contribution in [-0.4, -0.2) is 67.3 Å². The summed E-state index contributed by atoms with van der Waals surface area (Å²) < 4.78 is 0. The molecule has 116 valence electrons. The summed E-state index contributed by atoms with van der Waals surface area (Å²) >= 11 is 0. The maximum absolute atomic E-state index is 12.4. The molecule has 0 radical (unpaired) electrons. The Hall–Kier alpha value is -2.21. The molecule has 6 nitrogen and oxygen atoms in total. The van der Waals surface area contributed by atoms with Crippen molar-refractivity contribution in [1.29, 1.82) is 0 Å². The number of quaternary nitrogens is 1. The SMILES string of the molecule is C[NH+]1CCCN(C(=O)CN2C(=O)c3ccccc3C2=O)CC1. The van der Waals surface area contributed by atoms with E-state index in [2.05, 4.69) is 7.05 Å². The molecule has 1 atom stereocenters. The number of imide groups is 1. The molecule has 0 aromatic heterocycles. The molecule has 3 amide bonds. The van der Waals surface area contributed by atoms with Gasteiger partial charge in [0.1, 0.15) is 6.54 Å². The van der Waals surface area contributed by atoms with E-state index >= 15 is 0 Å². The summed E-state index contributed by atoms with van der Waals surface area (Å²) in [4.78, 5) is 41.2. The second kappa shape index (κ2) is 5.88. The third kappa shape index (κ3) is 2.62. The number of rotatable bonds is 2. The molecule has 22 heavy (non-hydrogen) atoms. The number of hydrogen-bond donors (Lipinski definition) is 1. The van der Waals surface area contributed by atoms with Crippen LogP contribution in [0.5, 0.6) is 0 Å². The Balaban J connectivity index is 1.70. The predicted molar refractivity (Wildman–Crippen MR) is 79.6 cm³/mol. The molecule has 3 rings (SSSR count). The zero-order valence-electron chi connectivity index (χ0n) is 12.7. The van der Waals surface area contributed by atoms with E-state index in [1.165, 1.54) is 4.90 Å². The lowest BCUT2D eigenvalue weighted by Gasteiger charge is -2.22. The van der Waals surface area contributed by atoms with Gasteiger partial charge in [0.25, 0.3) is 11.8 Å². The minimum absolute atomic E-state index is 0.149. The van der Waals surface area contributed by atoms with Crippen LogP contribution in [0.25, 0.3) is 0 Å². The molecular formula is C16H20N3O3+. The van der Waals surface area contributed by atoms with Gasteiger partial charge < -0.3 is 9.80 Å². The predicted octanol–water partition coefficient (Wildman–Crippen LogP) is -0.970. The average Bonchev–Trinajstić information content (AvgIpc) is 2.69. The van der Waals surface area contributed by atoms with Gasteiger partial charge in [0.15, 0.2) is 0 Å². The molecule has 1 saturated heterocycles. The lowest BCUT2D eigenvalue weighted by Crippen LogP contribution is -3.09. The summed E-state index contributed by atoms with van der Waals surface area (Å²) in [5.74, 6) is -0.887. The fourth-order valence-electron chi connectivity index (χ4n) is 3.00. The van der Waals surface area contributed by atoms with Gasteiger partial charge in [-0.05, 0) is 12.1 Å². The first kappa shape index (κ1) is 14.7. The molecule has 1 fully saturated rings. The van der Waals surface area contributed by atoms with Crippen LogP contribution >= 0.6 is 0 Å². The molecule has 2 aliphatic heterocycles. The minimum atomic E-state index is -0.369. The topological polar surface area (TPSA) is 62.1 Å². The number of amides is 3. The van der Waals surface area contributed by atoms with Crippen LogP contribution in [0.3, 0.4) is 0 Å². The van der Waals surface area contributed by atoms with Gasteiger partial charge in [-0.1, -0.05) is 12.1 Å². The van der Waals surface area contributed by atoms with E-state index < -0.39 is 0 Å². The Morgan fingerprint density at radius 2 is 1.73 bits per heavy atom. The van der Waals surface area contributed by atoms with Crippen molar-refractivity contribution in [2.45, 2.75) is 6.42 Å². The summed E-state index contributed by atoms with van der Waals surface area (Å²) in [6.07, 6.45) is 0.944. The van der Waals surface area contributed by atoms with Gasteiger partial charge in [-0.2, -0.15) is 0 Å². The van der Waals surface area contributed by atoms with Crippen LogP contribution in [-0.2, 0) is 4.79 Å². The highest BCUT2D eigenvalue weighted by Crippen LogP contribution is 2.22. The van der Waals surface area contributed by atoms with Gasteiger partial charge in [0.05, 0.1) is 37.8 Å². The van der Waals surface area contributed by atoms with Crippen LogP contribution in [0.2, 0.25) is 0 Å². The van der Waals surface area contributed by atoms with E-state index in [9.17, 15) is 14.4 Å². The maximum Gasteiger partial charge on any atom is 0.262 e. The van der Waals surface area contributed by atoms with Crippen molar-refractivity contribution in [2.75, 3.05) is 39.8 Å². The number of carbonyl (C=O) groups is 3. The number of nitrogens with zero attached hydrogens (tertiary/aromatic N) is 2. The van der Waals surface area contributed by atoms with Crippen LogP contribution in [0.15, 0.2) is 24.3 Å². The summed E-state index contributed by atoms with van der Waals surface area (Å²) in [7, 11) is 2.11. The maximum atomic E-state index is 12.4. The number of fused-ring (bicyclic) bond motifs is 1. The minimum Gasteiger partial charge on any atom is -0.336 e. The molecule has 1 aromatic carbocycles. The molecule has 1 aromatic rings. The summed E-state index contributed by atoms with van der Waals surface area (Å²) in [6.45, 7) is 3.14. The summed E-state index contributed by atoms with van der Waals surface area (Å²) in [5, 5.41) is 0. The van der Waals surface area contributed by atoms with Crippen molar-refractivity contribution in [3.8, 4) is 0 Å². The molecule has 0 bridgehead atoms. The van der Waals surface area contributed by atoms with E-state index in [-0.39, 0.29) is 24.3 Å².